The molecular weight excluding hydrogens is 76.1 g/mol. The van der Waals surface area contributed by atoms with E-state index in [9.17, 15) is 0 Å². The Labute approximate surface area is 38.3 Å². The second kappa shape index (κ2) is 1.61. The van der Waals surface area contributed by atoms with Crippen LogP contribution in [0.15, 0.2) is 0 Å². The summed E-state index contributed by atoms with van der Waals surface area (Å²) >= 11 is 0. The largest absolute Gasteiger partial charge is 0.379 e. The van der Waals surface area contributed by atoms with Crippen LogP contribution in [-0.4, -0.2) is 6.61 Å². The van der Waals surface area contributed by atoms with Crippen molar-refractivity contribution in [2.45, 2.75) is 12.8 Å². The Kier molecular flexibility index (Phi) is 1.10. The molecule has 1 nitrogen and oxygen atoms in total. The van der Waals surface area contributed by atoms with E-state index in [1.165, 1.54) is 12.8 Å². The molecule has 1 aliphatic carbocycles. The van der Waals surface area contributed by atoms with Crippen LogP contribution >= 0.6 is 0 Å². The van der Waals surface area contributed by atoms with Crippen molar-refractivity contribution in [1.82, 2.24) is 0 Å². The molecule has 1 saturated carbocycles. The quantitative estimate of drug-likeness (QED) is 0.489. The van der Waals surface area contributed by atoms with Crippen molar-refractivity contribution in [3.05, 3.63) is 7.11 Å². The highest BCUT2D eigenvalue weighted by atomic mass is 16.5. The summed E-state index contributed by atoms with van der Waals surface area (Å²) < 4.78 is 4.62. The molecule has 0 atom stereocenters. The Morgan fingerprint density at radius 1 is 1.67 bits per heavy atom. The minimum Gasteiger partial charge on any atom is -0.379 e. The van der Waals surface area contributed by atoms with Gasteiger partial charge < -0.3 is 4.74 Å². The first-order valence-corrected chi connectivity index (χ1v) is 2.30. The van der Waals surface area contributed by atoms with Crippen molar-refractivity contribution < 1.29 is 4.74 Å². The second-order valence-electron chi connectivity index (χ2n) is 1.81. The fraction of sp³-hybridized carbons (Fsp3) is 0.800. The summed E-state index contributed by atoms with van der Waals surface area (Å²) in [5, 5.41) is 0. The van der Waals surface area contributed by atoms with Gasteiger partial charge in [0.15, 0.2) is 0 Å². The van der Waals surface area contributed by atoms with E-state index in [4.69, 9.17) is 0 Å². The monoisotopic (exact) mass is 85.1 g/mol. The normalized spacial score (nSPS) is 21.5. The summed E-state index contributed by atoms with van der Waals surface area (Å²) in [6.45, 7) is 0.875. The summed E-state index contributed by atoms with van der Waals surface area (Å²) in [4.78, 5) is 0. The fourth-order valence-electron chi connectivity index (χ4n) is 0.451. The van der Waals surface area contributed by atoms with Gasteiger partial charge in [-0.05, 0) is 18.8 Å². The van der Waals surface area contributed by atoms with Gasteiger partial charge in [0.2, 0.25) is 0 Å². The summed E-state index contributed by atoms with van der Waals surface area (Å²) in [6, 6.07) is 0. The van der Waals surface area contributed by atoms with Gasteiger partial charge >= 0.3 is 0 Å². The van der Waals surface area contributed by atoms with E-state index >= 15 is 0 Å². The molecule has 0 heterocycles. The average Bonchev–Trinajstić information content (AvgIpc) is 2.21. The zero-order valence-corrected chi connectivity index (χ0v) is 3.81. The lowest BCUT2D eigenvalue weighted by atomic mass is 10.5. The maximum atomic E-state index is 4.62. The summed E-state index contributed by atoms with van der Waals surface area (Å²) in [7, 11) is 3.27. The Balaban J connectivity index is 1.88. The van der Waals surface area contributed by atoms with E-state index in [0.717, 1.165) is 12.5 Å². The van der Waals surface area contributed by atoms with Gasteiger partial charge in [0, 0.05) is 6.61 Å². The molecule has 0 aromatic heterocycles. The molecule has 0 aromatic rings. The van der Waals surface area contributed by atoms with Crippen molar-refractivity contribution in [3.63, 3.8) is 0 Å². The Morgan fingerprint density at radius 2 is 2.33 bits per heavy atom. The van der Waals surface area contributed by atoms with Gasteiger partial charge in [-0.2, -0.15) is 0 Å². The molecule has 1 aliphatic rings. The first-order chi connectivity index (χ1) is 2.93. The third kappa shape index (κ3) is 0.977. The first kappa shape index (κ1) is 4.13. The second-order valence-corrected chi connectivity index (χ2v) is 1.81. The summed E-state index contributed by atoms with van der Waals surface area (Å²) in [6.07, 6.45) is 2.71. The minimum absolute atomic E-state index is 0.863. The Bertz CT molecular complexity index is 39.2. The number of ether oxygens (including phenoxy) is 1. The molecule has 6 heavy (non-hydrogen) atoms. The van der Waals surface area contributed by atoms with Crippen molar-refractivity contribution in [2.75, 3.05) is 6.61 Å². The topological polar surface area (TPSA) is 9.23 Å². The molecule has 0 amide bonds. The van der Waals surface area contributed by atoms with Crippen LogP contribution in [-0.2, 0) is 4.74 Å². The number of hydrogen-bond donors (Lipinski definition) is 0. The molecular formula is C5H9O. The number of rotatable bonds is 2. The van der Waals surface area contributed by atoms with E-state index in [1.807, 2.05) is 0 Å². The van der Waals surface area contributed by atoms with Crippen LogP contribution in [0.5, 0.6) is 0 Å². The van der Waals surface area contributed by atoms with Crippen LogP contribution in [0.1, 0.15) is 12.8 Å². The highest BCUT2D eigenvalue weighted by Gasteiger charge is 2.19. The smallest absolute Gasteiger partial charge is 0.0700 e. The molecule has 0 unspecified atom stereocenters. The highest BCUT2D eigenvalue weighted by Crippen LogP contribution is 2.28. The van der Waals surface area contributed by atoms with Gasteiger partial charge in [-0.1, -0.05) is 0 Å². The van der Waals surface area contributed by atoms with Gasteiger partial charge in [-0.3, -0.25) is 0 Å². The zero-order chi connectivity index (χ0) is 4.41. The molecule has 0 N–H and O–H groups in total. The lowest BCUT2D eigenvalue weighted by molar-refractivity contribution is 0.227. The van der Waals surface area contributed by atoms with Crippen LogP contribution in [0.4, 0.5) is 0 Å². The van der Waals surface area contributed by atoms with Crippen LogP contribution in [0, 0.1) is 13.0 Å². The van der Waals surface area contributed by atoms with Crippen molar-refractivity contribution in [3.8, 4) is 0 Å². The van der Waals surface area contributed by atoms with Gasteiger partial charge in [-0.15, -0.1) is 0 Å². The highest BCUT2D eigenvalue weighted by molar-refractivity contribution is 4.71. The summed E-state index contributed by atoms with van der Waals surface area (Å²) in [5.74, 6) is 0.863. The molecule has 1 radical (unpaired) electrons. The molecule has 0 spiro atoms. The van der Waals surface area contributed by atoms with Crippen LogP contribution in [0.25, 0.3) is 0 Å². The molecule has 1 heteroatoms. The number of hydrogen-bond acceptors (Lipinski definition) is 1. The standard InChI is InChI=1S/C5H9O/c1-6-4-5-2-3-5/h5H,1-4H2. The first-order valence-electron chi connectivity index (χ1n) is 2.30. The predicted octanol–water partition coefficient (Wildman–Crippen LogP) is 1.20. The molecule has 35 valence electrons. The van der Waals surface area contributed by atoms with Crippen LogP contribution in [0.2, 0.25) is 0 Å². The third-order valence-electron chi connectivity index (χ3n) is 1.05. The van der Waals surface area contributed by atoms with Gasteiger partial charge in [0.1, 0.15) is 0 Å². The van der Waals surface area contributed by atoms with E-state index in [-0.39, 0.29) is 0 Å². The molecule has 1 rings (SSSR count). The van der Waals surface area contributed by atoms with Crippen molar-refractivity contribution >= 4 is 0 Å². The Hall–Kier alpha value is -0.0400. The van der Waals surface area contributed by atoms with Gasteiger partial charge in [-0.25, -0.2) is 0 Å². The lowest BCUT2D eigenvalue weighted by Crippen LogP contribution is -1.85. The zero-order valence-electron chi connectivity index (χ0n) is 3.81. The van der Waals surface area contributed by atoms with Crippen LogP contribution in [0.3, 0.4) is 0 Å². The van der Waals surface area contributed by atoms with E-state index in [2.05, 4.69) is 11.8 Å². The molecule has 0 aliphatic heterocycles. The van der Waals surface area contributed by atoms with Gasteiger partial charge in [0.25, 0.3) is 0 Å². The minimum atomic E-state index is 0.863. The van der Waals surface area contributed by atoms with Crippen LogP contribution < -0.4 is 0 Å². The molecule has 0 aromatic carbocycles. The SMILES string of the molecule is [CH2]OCC1CC1. The lowest BCUT2D eigenvalue weighted by Gasteiger charge is -1.86. The van der Waals surface area contributed by atoms with Crippen molar-refractivity contribution in [2.24, 2.45) is 5.92 Å². The molecule has 0 saturated heterocycles. The summed E-state index contributed by atoms with van der Waals surface area (Å²) in [5.41, 5.74) is 0. The van der Waals surface area contributed by atoms with E-state index < -0.39 is 0 Å². The van der Waals surface area contributed by atoms with E-state index in [0.29, 0.717) is 0 Å². The van der Waals surface area contributed by atoms with E-state index in [1.54, 1.807) is 0 Å². The van der Waals surface area contributed by atoms with Gasteiger partial charge in [0.05, 0.1) is 7.11 Å². The predicted molar refractivity (Wildman–Crippen MR) is 24.0 cm³/mol. The molecule has 0 bridgehead atoms. The maximum absolute atomic E-state index is 4.62. The Morgan fingerprint density at radius 3 is 2.50 bits per heavy atom. The molecule has 1 fully saturated rings. The third-order valence-corrected chi connectivity index (χ3v) is 1.05. The fourth-order valence-corrected chi connectivity index (χ4v) is 0.451. The maximum Gasteiger partial charge on any atom is 0.0700 e. The average molecular weight is 85.1 g/mol. The van der Waals surface area contributed by atoms with Crippen molar-refractivity contribution in [1.29, 1.82) is 0 Å².